The van der Waals surface area contributed by atoms with Gasteiger partial charge >= 0.3 is 6.09 Å². The summed E-state index contributed by atoms with van der Waals surface area (Å²) in [5.41, 5.74) is 2.55. The fourth-order valence-corrected chi connectivity index (χ4v) is 5.42. The summed E-state index contributed by atoms with van der Waals surface area (Å²) in [4.78, 5) is 14.4. The molecule has 10 nitrogen and oxygen atoms in total. The molecule has 0 N–H and O–H groups in total. The number of aryl methyl sites for hydroxylation is 1. The summed E-state index contributed by atoms with van der Waals surface area (Å²) in [5, 5.41) is 12.8. The SMILES string of the molecule is COCOc1cc(-c2cnn(C)c2)ccc1-c1ccc(O[C@@H]2C[C@H]3CCC[C@@H]([C@@H]2F)N3C(=O)OC(C)(C)C)nn1. The van der Waals surface area contributed by atoms with E-state index in [1.54, 1.807) is 35.0 Å². The van der Waals surface area contributed by atoms with Crippen molar-refractivity contribution < 1.29 is 28.1 Å². The second-order valence-corrected chi connectivity index (χ2v) is 11.3. The lowest BCUT2D eigenvalue weighted by Gasteiger charge is -2.49. The maximum atomic E-state index is 15.7. The van der Waals surface area contributed by atoms with Gasteiger partial charge in [-0.2, -0.15) is 5.10 Å². The summed E-state index contributed by atoms with van der Waals surface area (Å²) >= 11 is 0. The number of hydrogen-bond acceptors (Lipinski definition) is 8. The molecule has 4 heterocycles. The van der Waals surface area contributed by atoms with Crippen molar-refractivity contribution in [2.45, 2.75) is 76.4 Å². The van der Waals surface area contributed by atoms with E-state index in [1.165, 1.54) is 0 Å². The monoisotopic (exact) mass is 553 g/mol. The summed E-state index contributed by atoms with van der Waals surface area (Å²) in [7, 11) is 3.42. The van der Waals surface area contributed by atoms with E-state index in [0.717, 1.165) is 29.5 Å². The van der Waals surface area contributed by atoms with Gasteiger partial charge in [-0.15, -0.1) is 10.2 Å². The Morgan fingerprint density at radius 1 is 1.12 bits per heavy atom. The van der Waals surface area contributed by atoms with E-state index < -0.39 is 30.0 Å². The van der Waals surface area contributed by atoms with Crippen LogP contribution < -0.4 is 9.47 Å². The number of aromatic nitrogens is 4. The zero-order valence-corrected chi connectivity index (χ0v) is 23.5. The number of fused-ring (bicyclic) bond motifs is 2. The third kappa shape index (κ3) is 6.04. The number of hydrogen-bond donors (Lipinski definition) is 0. The van der Waals surface area contributed by atoms with Gasteiger partial charge in [0.1, 0.15) is 17.5 Å². The van der Waals surface area contributed by atoms with Crippen LogP contribution in [-0.4, -0.2) is 74.8 Å². The molecule has 40 heavy (non-hydrogen) atoms. The van der Waals surface area contributed by atoms with E-state index >= 15 is 4.39 Å². The van der Waals surface area contributed by atoms with Crippen LogP contribution in [0.25, 0.3) is 22.4 Å². The van der Waals surface area contributed by atoms with Crippen molar-refractivity contribution in [2.24, 2.45) is 7.05 Å². The van der Waals surface area contributed by atoms with Gasteiger partial charge in [-0.3, -0.25) is 9.58 Å². The molecule has 11 heteroatoms. The summed E-state index contributed by atoms with van der Waals surface area (Å²) in [6.45, 7) is 5.51. The van der Waals surface area contributed by atoms with E-state index in [0.29, 0.717) is 24.3 Å². The van der Waals surface area contributed by atoms with Gasteiger partial charge in [0, 0.05) is 50.0 Å². The second kappa shape index (κ2) is 11.4. The van der Waals surface area contributed by atoms with Crippen molar-refractivity contribution in [1.29, 1.82) is 0 Å². The molecule has 0 radical (unpaired) electrons. The Balaban J connectivity index is 1.31. The number of carbonyl (C=O) groups is 1. The highest BCUT2D eigenvalue weighted by atomic mass is 19.1. The Bertz CT molecular complexity index is 1330. The zero-order chi connectivity index (χ0) is 28.4. The zero-order valence-electron chi connectivity index (χ0n) is 23.5. The minimum absolute atomic E-state index is 0.0698. The van der Waals surface area contributed by atoms with E-state index in [2.05, 4.69) is 15.3 Å². The van der Waals surface area contributed by atoms with Gasteiger partial charge in [-0.25, -0.2) is 9.18 Å². The van der Waals surface area contributed by atoms with E-state index in [9.17, 15) is 4.79 Å². The molecule has 1 aromatic carbocycles. The van der Waals surface area contributed by atoms with Gasteiger partial charge in [0.05, 0.1) is 17.9 Å². The molecular weight excluding hydrogens is 517 g/mol. The summed E-state index contributed by atoms with van der Waals surface area (Å²) in [5.74, 6) is 0.809. The van der Waals surface area contributed by atoms with Gasteiger partial charge in [-0.1, -0.05) is 6.07 Å². The lowest BCUT2D eigenvalue weighted by Crippen LogP contribution is -2.63. The molecule has 0 spiro atoms. The number of methoxy groups -OCH3 is 1. The van der Waals surface area contributed by atoms with Crippen LogP contribution in [0.5, 0.6) is 11.6 Å². The van der Waals surface area contributed by atoms with Crippen molar-refractivity contribution in [3.63, 3.8) is 0 Å². The van der Waals surface area contributed by atoms with Crippen LogP contribution in [0.15, 0.2) is 42.7 Å². The molecule has 2 aliphatic heterocycles. The molecule has 5 rings (SSSR count). The highest BCUT2D eigenvalue weighted by Gasteiger charge is 2.49. The first kappa shape index (κ1) is 27.8. The Morgan fingerprint density at radius 2 is 1.95 bits per heavy atom. The number of benzene rings is 1. The van der Waals surface area contributed by atoms with Gasteiger partial charge in [0.2, 0.25) is 5.88 Å². The van der Waals surface area contributed by atoms with Crippen LogP contribution in [0.1, 0.15) is 46.5 Å². The maximum absolute atomic E-state index is 15.7. The van der Waals surface area contributed by atoms with Crippen molar-refractivity contribution in [2.75, 3.05) is 13.9 Å². The summed E-state index contributed by atoms with van der Waals surface area (Å²) in [6, 6.07) is 8.50. The normalized spacial score (nSPS) is 22.6. The molecule has 4 atom stereocenters. The first-order chi connectivity index (χ1) is 19.1. The minimum Gasteiger partial charge on any atom is -0.470 e. The third-order valence-electron chi connectivity index (χ3n) is 7.16. The first-order valence-electron chi connectivity index (χ1n) is 13.5. The topological polar surface area (TPSA) is 101 Å². The fraction of sp³-hybridized carbons (Fsp3) is 0.517. The molecule has 214 valence electrons. The van der Waals surface area contributed by atoms with Crippen LogP contribution in [0.3, 0.4) is 0 Å². The standard InChI is InChI=1S/C29H36FN5O5/c1-29(2,3)40-28(36)35-20-7-6-8-23(35)27(30)25(14-20)39-26-12-11-22(32-33-26)21-10-9-18(13-24(21)38-17-37-5)19-15-31-34(4)16-19/h9-13,15-16,20,23,25,27H,6-8,14,17H2,1-5H3/t20-,23+,25-,27+/m1/s1. The molecule has 0 unspecified atom stereocenters. The minimum atomic E-state index is -1.36. The average molecular weight is 554 g/mol. The van der Waals surface area contributed by atoms with Crippen LogP contribution in [0.2, 0.25) is 0 Å². The lowest BCUT2D eigenvalue weighted by atomic mass is 9.82. The Morgan fingerprint density at radius 3 is 2.62 bits per heavy atom. The van der Waals surface area contributed by atoms with E-state index in [4.69, 9.17) is 18.9 Å². The molecule has 2 bridgehead atoms. The molecule has 2 aliphatic rings. The Labute approximate surface area is 233 Å². The van der Waals surface area contributed by atoms with E-state index in [-0.39, 0.29) is 18.7 Å². The molecule has 2 aromatic heterocycles. The second-order valence-electron chi connectivity index (χ2n) is 11.3. The van der Waals surface area contributed by atoms with Gasteiger partial charge < -0.3 is 18.9 Å². The number of ether oxygens (including phenoxy) is 4. The Hall–Kier alpha value is -3.73. The molecule has 0 aliphatic carbocycles. The number of carbonyl (C=O) groups excluding carboxylic acids is 1. The lowest BCUT2D eigenvalue weighted by molar-refractivity contribution is -0.0802. The summed E-state index contributed by atoms with van der Waals surface area (Å²) in [6.07, 6.45) is 3.74. The third-order valence-corrected chi connectivity index (χ3v) is 7.16. The van der Waals surface area contributed by atoms with Crippen molar-refractivity contribution in [3.8, 4) is 34.0 Å². The smallest absolute Gasteiger partial charge is 0.410 e. The maximum Gasteiger partial charge on any atom is 0.410 e. The fourth-order valence-electron chi connectivity index (χ4n) is 5.42. The van der Waals surface area contributed by atoms with Crippen LogP contribution in [-0.2, 0) is 16.5 Å². The first-order valence-corrected chi connectivity index (χ1v) is 13.5. The highest BCUT2D eigenvalue weighted by molar-refractivity contribution is 5.74. The number of piperidine rings is 2. The quantitative estimate of drug-likeness (QED) is 0.369. The Kier molecular flexibility index (Phi) is 7.93. The van der Waals surface area contributed by atoms with Gasteiger partial charge in [0.25, 0.3) is 0 Å². The van der Waals surface area contributed by atoms with Crippen molar-refractivity contribution in [1.82, 2.24) is 24.9 Å². The van der Waals surface area contributed by atoms with Crippen molar-refractivity contribution in [3.05, 3.63) is 42.7 Å². The molecule has 2 fully saturated rings. The van der Waals surface area contributed by atoms with Crippen LogP contribution in [0.4, 0.5) is 9.18 Å². The predicted molar refractivity (Wildman–Crippen MR) is 146 cm³/mol. The molecular formula is C29H36FN5O5. The van der Waals surface area contributed by atoms with Crippen molar-refractivity contribution >= 4 is 6.09 Å². The molecule has 1 amide bonds. The van der Waals surface area contributed by atoms with Gasteiger partial charge in [0.15, 0.2) is 13.0 Å². The average Bonchev–Trinajstić information content (AvgIpc) is 3.36. The number of alkyl halides is 1. The molecule has 3 aromatic rings. The largest absolute Gasteiger partial charge is 0.470 e. The molecule has 0 saturated carbocycles. The predicted octanol–water partition coefficient (Wildman–Crippen LogP) is 5.17. The highest BCUT2D eigenvalue weighted by Crippen LogP contribution is 2.39. The number of rotatable bonds is 7. The summed E-state index contributed by atoms with van der Waals surface area (Å²) < 4.78 is 40.0. The number of halogens is 1. The number of amides is 1. The van der Waals surface area contributed by atoms with Crippen LogP contribution >= 0.6 is 0 Å². The van der Waals surface area contributed by atoms with Gasteiger partial charge in [-0.05, 0) is 63.8 Å². The number of nitrogens with zero attached hydrogens (tertiary/aromatic N) is 5. The van der Waals surface area contributed by atoms with Crippen LogP contribution in [0, 0.1) is 0 Å². The van der Waals surface area contributed by atoms with E-state index in [1.807, 2.05) is 52.2 Å². The molecule has 2 saturated heterocycles.